The predicted molar refractivity (Wildman–Crippen MR) is 129 cm³/mol. The van der Waals surface area contributed by atoms with Gasteiger partial charge in [0.15, 0.2) is 0 Å². The number of sulfonamides is 2. The zero-order chi connectivity index (χ0) is 24.2. The molecule has 1 aliphatic heterocycles. The Morgan fingerprint density at radius 3 is 2.15 bits per heavy atom. The third-order valence-electron chi connectivity index (χ3n) is 5.58. The van der Waals surface area contributed by atoms with E-state index in [0.717, 1.165) is 25.9 Å². The van der Waals surface area contributed by atoms with E-state index in [1.807, 2.05) is 0 Å². The van der Waals surface area contributed by atoms with Crippen molar-refractivity contribution in [3.63, 3.8) is 0 Å². The molecule has 9 nitrogen and oxygen atoms in total. The molecule has 3 rings (SSSR count). The zero-order valence-electron chi connectivity index (χ0n) is 18.8. The molecule has 0 atom stereocenters. The van der Waals surface area contributed by atoms with E-state index >= 15 is 0 Å². The van der Waals surface area contributed by atoms with Crippen LogP contribution >= 0.6 is 0 Å². The Labute approximate surface area is 195 Å². The second-order valence-electron chi connectivity index (χ2n) is 7.92. The molecule has 11 heteroatoms. The van der Waals surface area contributed by atoms with Crippen LogP contribution in [0.4, 0.5) is 11.4 Å². The number of nitrogens with zero attached hydrogens (tertiary/aromatic N) is 2. The maximum absolute atomic E-state index is 13.2. The van der Waals surface area contributed by atoms with Crippen LogP contribution in [0.1, 0.15) is 42.6 Å². The molecule has 1 aliphatic rings. The SMILES string of the molecule is CCN(CC)S(=O)(=O)c1ccc(N2CCCC2)c(C(=O)Nc2ccc(CS(N)(=O)=O)cc2)c1. The van der Waals surface area contributed by atoms with E-state index in [9.17, 15) is 21.6 Å². The van der Waals surface area contributed by atoms with Crippen molar-refractivity contribution in [1.82, 2.24) is 4.31 Å². The van der Waals surface area contributed by atoms with Gasteiger partial charge >= 0.3 is 0 Å². The summed E-state index contributed by atoms with van der Waals surface area (Å²) in [6.07, 6.45) is 2.01. The number of hydrogen-bond acceptors (Lipinski definition) is 6. The van der Waals surface area contributed by atoms with Crippen LogP contribution in [-0.2, 0) is 25.8 Å². The number of nitrogens with one attached hydrogen (secondary N) is 1. The van der Waals surface area contributed by atoms with Crippen molar-refractivity contribution in [2.24, 2.45) is 5.14 Å². The first-order valence-electron chi connectivity index (χ1n) is 10.8. The molecule has 33 heavy (non-hydrogen) atoms. The maximum Gasteiger partial charge on any atom is 0.257 e. The summed E-state index contributed by atoms with van der Waals surface area (Å²) in [4.78, 5) is 15.4. The second kappa shape index (κ2) is 10.2. The number of primary sulfonamides is 1. The van der Waals surface area contributed by atoms with Crippen molar-refractivity contribution in [2.45, 2.75) is 37.3 Å². The number of carbonyl (C=O) groups is 1. The number of benzene rings is 2. The summed E-state index contributed by atoms with van der Waals surface area (Å²) in [5, 5.41) is 7.87. The molecule has 1 heterocycles. The predicted octanol–water partition coefficient (Wildman–Crippen LogP) is 2.36. The van der Waals surface area contributed by atoms with E-state index in [0.29, 0.717) is 30.0 Å². The van der Waals surface area contributed by atoms with Crippen LogP contribution in [0.15, 0.2) is 47.4 Å². The van der Waals surface area contributed by atoms with Crippen molar-refractivity contribution < 1.29 is 21.6 Å². The van der Waals surface area contributed by atoms with Crippen LogP contribution in [-0.4, -0.2) is 53.2 Å². The molecule has 0 unspecified atom stereocenters. The molecule has 0 spiro atoms. The molecule has 2 aromatic rings. The first kappa shape index (κ1) is 25.2. The third kappa shape index (κ3) is 6.11. The smallest absolute Gasteiger partial charge is 0.257 e. The summed E-state index contributed by atoms with van der Waals surface area (Å²) in [6.45, 7) is 5.80. The van der Waals surface area contributed by atoms with Crippen LogP contribution in [0, 0.1) is 0 Å². The quantitative estimate of drug-likeness (QED) is 0.550. The molecule has 1 saturated heterocycles. The summed E-state index contributed by atoms with van der Waals surface area (Å²) in [5.41, 5.74) is 1.93. The number of nitrogens with two attached hydrogens (primary N) is 1. The highest BCUT2D eigenvalue weighted by Gasteiger charge is 2.26. The monoisotopic (exact) mass is 494 g/mol. The summed E-state index contributed by atoms with van der Waals surface area (Å²) in [6, 6.07) is 11.0. The number of rotatable bonds is 9. The third-order valence-corrected chi connectivity index (χ3v) is 8.36. The first-order chi connectivity index (χ1) is 15.5. The molecule has 0 aromatic heterocycles. The van der Waals surface area contributed by atoms with E-state index in [2.05, 4.69) is 10.2 Å². The van der Waals surface area contributed by atoms with Gasteiger partial charge in [-0.25, -0.2) is 22.0 Å². The van der Waals surface area contributed by atoms with Gasteiger partial charge in [-0.05, 0) is 48.7 Å². The first-order valence-corrected chi connectivity index (χ1v) is 14.0. The van der Waals surface area contributed by atoms with Crippen molar-refractivity contribution in [3.05, 3.63) is 53.6 Å². The highest BCUT2D eigenvalue weighted by molar-refractivity contribution is 7.89. The lowest BCUT2D eigenvalue weighted by Gasteiger charge is -2.23. The standard InChI is InChI=1S/C22H30N4O5S2/c1-3-26(4-2)33(30,31)19-11-12-21(25-13-5-6-14-25)20(15-19)22(27)24-18-9-7-17(8-10-18)16-32(23,28)29/h7-12,15H,3-6,13-14,16H2,1-2H3,(H,24,27)(H2,23,28,29). The summed E-state index contributed by atoms with van der Waals surface area (Å²) >= 11 is 0. The summed E-state index contributed by atoms with van der Waals surface area (Å²) in [7, 11) is -7.38. The topological polar surface area (TPSA) is 130 Å². The van der Waals surface area contributed by atoms with Crippen molar-refractivity contribution in [1.29, 1.82) is 0 Å². The number of anilines is 2. The second-order valence-corrected chi connectivity index (χ2v) is 11.5. The molecule has 0 bridgehead atoms. The van der Waals surface area contributed by atoms with Gasteiger partial charge in [0, 0.05) is 37.6 Å². The normalized spacial score (nSPS) is 14.6. The van der Waals surface area contributed by atoms with E-state index < -0.39 is 26.0 Å². The van der Waals surface area contributed by atoms with Gasteiger partial charge in [0.25, 0.3) is 5.91 Å². The van der Waals surface area contributed by atoms with E-state index in [-0.39, 0.29) is 16.2 Å². The average Bonchev–Trinajstić information content (AvgIpc) is 3.29. The molecule has 0 saturated carbocycles. The van der Waals surface area contributed by atoms with Gasteiger partial charge < -0.3 is 10.2 Å². The molecular formula is C22H30N4O5S2. The van der Waals surface area contributed by atoms with Gasteiger partial charge in [-0.2, -0.15) is 4.31 Å². The lowest BCUT2D eigenvalue weighted by Crippen LogP contribution is -2.31. The van der Waals surface area contributed by atoms with Crippen LogP contribution < -0.4 is 15.4 Å². The van der Waals surface area contributed by atoms with Crippen LogP contribution in [0.2, 0.25) is 0 Å². The Bertz CT molecular complexity index is 1200. The van der Waals surface area contributed by atoms with E-state index in [1.54, 1.807) is 50.2 Å². The minimum absolute atomic E-state index is 0.0720. The molecule has 2 aromatic carbocycles. The van der Waals surface area contributed by atoms with Gasteiger partial charge in [-0.1, -0.05) is 26.0 Å². The molecule has 1 fully saturated rings. The van der Waals surface area contributed by atoms with Gasteiger partial charge in [0.1, 0.15) is 0 Å². The van der Waals surface area contributed by atoms with Gasteiger partial charge in [-0.15, -0.1) is 0 Å². The van der Waals surface area contributed by atoms with E-state index in [4.69, 9.17) is 5.14 Å². The molecule has 3 N–H and O–H groups in total. The largest absolute Gasteiger partial charge is 0.371 e. The van der Waals surface area contributed by atoms with Crippen LogP contribution in [0.25, 0.3) is 0 Å². The minimum atomic E-state index is -3.73. The lowest BCUT2D eigenvalue weighted by atomic mass is 10.1. The lowest BCUT2D eigenvalue weighted by molar-refractivity contribution is 0.102. The molecule has 1 amide bonds. The number of amides is 1. The molecule has 0 aliphatic carbocycles. The fourth-order valence-corrected chi connectivity index (χ4v) is 6.06. The van der Waals surface area contributed by atoms with Crippen molar-refractivity contribution >= 4 is 37.3 Å². The van der Waals surface area contributed by atoms with Gasteiger partial charge in [-0.3, -0.25) is 4.79 Å². The Morgan fingerprint density at radius 2 is 1.61 bits per heavy atom. The molecular weight excluding hydrogens is 464 g/mol. The average molecular weight is 495 g/mol. The number of hydrogen-bond donors (Lipinski definition) is 2. The summed E-state index contributed by atoms with van der Waals surface area (Å²) in [5.74, 6) is -0.737. The van der Waals surface area contributed by atoms with Crippen LogP contribution in [0.3, 0.4) is 0 Å². The highest BCUT2D eigenvalue weighted by atomic mass is 32.2. The maximum atomic E-state index is 13.2. The molecule has 0 radical (unpaired) electrons. The molecule has 180 valence electrons. The van der Waals surface area contributed by atoms with Crippen molar-refractivity contribution in [3.8, 4) is 0 Å². The Hall–Kier alpha value is -2.47. The fraction of sp³-hybridized carbons (Fsp3) is 0.409. The fourth-order valence-electron chi connectivity index (χ4n) is 3.92. The van der Waals surface area contributed by atoms with Gasteiger partial charge in [0.2, 0.25) is 20.0 Å². The Balaban J connectivity index is 1.94. The summed E-state index contributed by atoms with van der Waals surface area (Å²) < 4.78 is 50.0. The van der Waals surface area contributed by atoms with Gasteiger partial charge in [0.05, 0.1) is 16.2 Å². The Morgan fingerprint density at radius 1 is 1.00 bits per heavy atom. The van der Waals surface area contributed by atoms with Crippen LogP contribution in [0.5, 0.6) is 0 Å². The number of carbonyl (C=O) groups excluding carboxylic acids is 1. The Kier molecular flexibility index (Phi) is 7.78. The highest BCUT2D eigenvalue weighted by Crippen LogP contribution is 2.29. The van der Waals surface area contributed by atoms with E-state index in [1.165, 1.54) is 10.4 Å². The minimum Gasteiger partial charge on any atom is -0.371 e. The zero-order valence-corrected chi connectivity index (χ0v) is 20.5. The van der Waals surface area contributed by atoms with Crippen molar-refractivity contribution in [2.75, 3.05) is 36.4 Å².